The highest BCUT2D eigenvalue weighted by Gasteiger charge is 2.07. The van der Waals surface area contributed by atoms with E-state index in [4.69, 9.17) is 9.98 Å². The van der Waals surface area contributed by atoms with Gasteiger partial charge < -0.3 is 14.6 Å². The number of rotatable bonds is 6. The molecule has 1 aromatic carbocycles. The molecule has 0 aliphatic heterocycles. The van der Waals surface area contributed by atoms with Gasteiger partial charge in [0.05, 0.1) is 5.69 Å². The normalized spacial score (nSPS) is 11.3. The zero-order valence-electron chi connectivity index (χ0n) is 16.2. The molecule has 0 bridgehead atoms. The predicted octanol–water partition coefficient (Wildman–Crippen LogP) is 3.90. The molecule has 0 unspecified atom stereocenters. The van der Waals surface area contributed by atoms with Gasteiger partial charge in [0.1, 0.15) is 5.65 Å². The predicted molar refractivity (Wildman–Crippen MR) is 123 cm³/mol. The number of benzene rings is 1. The molecule has 144 valence electrons. The van der Waals surface area contributed by atoms with Crippen LogP contribution in [0.25, 0.3) is 5.65 Å². The molecule has 5 nitrogen and oxygen atoms in total. The number of aliphatic imine (C=N–C) groups is 1. The van der Waals surface area contributed by atoms with Crippen LogP contribution in [-0.2, 0) is 13.0 Å². The van der Waals surface area contributed by atoms with Crippen LogP contribution in [0, 0.1) is 6.92 Å². The van der Waals surface area contributed by atoms with Gasteiger partial charge >= 0.3 is 0 Å². The largest absolute Gasteiger partial charge is 0.357 e. The molecule has 2 heterocycles. The summed E-state index contributed by atoms with van der Waals surface area (Å²) in [5.41, 5.74) is 4.57. The van der Waals surface area contributed by atoms with Crippen molar-refractivity contribution in [3.05, 3.63) is 71.7 Å². The Morgan fingerprint density at radius 3 is 2.67 bits per heavy atom. The lowest BCUT2D eigenvalue weighted by molar-refractivity contribution is 0.477. The molecular weight excluding hydrogens is 449 g/mol. The molecule has 0 radical (unpaired) electrons. The Morgan fingerprint density at radius 1 is 1.19 bits per heavy atom. The fourth-order valence-corrected chi connectivity index (χ4v) is 3.00. The van der Waals surface area contributed by atoms with Crippen LogP contribution < -0.4 is 5.32 Å². The Hall–Kier alpha value is -2.09. The number of guanidine groups is 1. The number of nitrogens with zero attached hydrogens (tertiary/aromatic N) is 4. The number of aryl methyl sites for hydroxylation is 1. The fraction of sp³-hybridized carbons (Fsp3) is 0.333. The summed E-state index contributed by atoms with van der Waals surface area (Å²) in [6.07, 6.45) is 4.97. The zero-order valence-corrected chi connectivity index (χ0v) is 18.6. The third-order valence-corrected chi connectivity index (χ3v) is 4.32. The lowest BCUT2D eigenvalue weighted by atomic mass is 10.2. The summed E-state index contributed by atoms with van der Waals surface area (Å²) >= 11 is 0. The molecular formula is C21H28IN5. The first kappa shape index (κ1) is 21.2. The minimum absolute atomic E-state index is 0. The molecule has 0 fully saturated rings. The Labute approximate surface area is 178 Å². The number of nitrogens with one attached hydrogen (secondary N) is 1. The van der Waals surface area contributed by atoms with Crippen LogP contribution in [0.5, 0.6) is 0 Å². The van der Waals surface area contributed by atoms with Crippen molar-refractivity contribution in [1.82, 2.24) is 19.6 Å². The van der Waals surface area contributed by atoms with Gasteiger partial charge in [-0.25, -0.2) is 4.98 Å². The monoisotopic (exact) mass is 477 g/mol. The first-order valence-electron chi connectivity index (χ1n) is 9.14. The van der Waals surface area contributed by atoms with Crippen LogP contribution in [0.3, 0.4) is 0 Å². The number of hydrogen-bond acceptors (Lipinski definition) is 2. The summed E-state index contributed by atoms with van der Waals surface area (Å²) in [5.74, 6) is 0.927. The quantitative estimate of drug-likeness (QED) is 0.333. The maximum absolute atomic E-state index is 4.78. The van der Waals surface area contributed by atoms with Crippen LogP contribution in [0.15, 0.2) is 59.9 Å². The topological polar surface area (TPSA) is 44.9 Å². The molecule has 27 heavy (non-hydrogen) atoms. The van der Waals surface area contributed by atoms with Crippen LogP contribution in [0.4, 0.5) is 0 Å². The van der Waals surface area contributed by atoms with E-state index >= 15 is 0 Å². The van der Waals surface area contributed by atoms with Gasteiger partial charge in [-0.3, -0.25) is 4.99 Å². The summed E-state index contributed by atoms with van der Waals surface area (Å²) in [6.45, 7) is 6.58. The SMILES string of the molecule is CCNC(=NCCc1cn2cccc(C)c2n1)N(C)Cc1ccccc1.I. The molecule has 0 spiro atoms. The van der Waals surface area contributed by atoms with Crippen molar-refractivity contribution in [1.29, 1.82) is 0 Å². The van der Waals surface area contributed by atoms with Gasteiger partial charge in [0, 0.05) is 45.5 Å². The van der Waals surface area contributed by atoms with Crippen molar-refractivity contribution in [2.75, 3.05) is 20.1 Å². The third kappa shape index (κ3) is 5.69. The highest BCUT2D eigenvalue weighted by atomic mass is 127. The van der Waals surface area contributed by atoms with E-state index in [0.717, 1.165) is 36.8 Å². The zero-order chi connectivity index (χ0) is 18.4. The lowest BCUT2D eigenvalue weighted by Gasteiger charge is -2.22. The Bertz CT molecular complexity index is 873. The van der Waals surface area contributed by atoms with Gasteiger partial charge in [-0.15, -0.1) is 24.0 Å². The van der Waals surface area contributed by atoms with E-state index in [2.05, 4.69) is 72.0 Å². The van der Waals surface area contributed by atoms with Crippen LogP contribution >= 0.6 is 24.0 Å². The summed E-state index contributed by atoms with van der Waals surface area (Å²) in [7, 11) is 2.07. The molecule has 2 aromatic heterocycles. The number of fused-ring (bicyclic) bond motifs is 1. The number of pyridine rings is 1. The molecule has 3 rings (SSSR count). The maximum atomic E-state index is 4.78. The van der Waals surface area contributed by atoms with E-state index in [0.29, 0.717) is 6.54 Å². The first-order valence-corrected chi connectivity index (χ1v) is 9.14. The summed E-state index contributed by atoms with van der Waals surface area (Å²) in [6, 6.07) is 14.6. The fourth-order valence-electron chi connectivity index (χ4n) is 3.00. The van der Waals surface area contributed by atoms with Gasteiger partial charge in [0.15, 0.2) is 5.96 Å². The van der Waals surface area contributed by atoms with E-state index in [-0.39, 0.29) is 24.0 Å². The number of hydrogen-bond donors (Lipinski definition) is 1. The minimum Gasteiger partial charge on any atom is -0.357 e. The number of halogens is 1. The summed E-state index contributed by atoms with van der Waals surface area (Å²) in [5, 5.41) is 3.37. The van der Waals surface area contributed by atoms with E-state index in [1.165, 1.54) is 11.1 Å². The van der Waals surface area contributed by atoms with Crippen molar-refractivity contribution in [2.45, 2.75) is 26.8 Å². The van der Waals surface area contributed by atoms with Crippen LogP contribution in [0.1, 0.15) is 23.7 Å². The molecule has 0 aliphatic rings. The summed E-state index contributed by atoms with van der Waals surface area (Å²) in [4.78, 5) is 11.7. The third-order valence-electron chi connectivity index (χ3n) is 4.32. The molecule has 1 N–H and O–H groups in total. The van der Waals surface area contributed by atoms with Gasteiger partial charge in [0.25, 0.3) is 0 Å². The van der Waals surface area contributed by atoms with E-state index < -0.39 is 0 Å². The average Bonchev–Trinajstić information content (AvgIpc) is 3.06. The van der Waals surface area contributed by atoms with Gasteiger partial charge in [-0.05, 0) is 31.0 Å². The van der Waals surface area contributed by atoms with E-state index in [1.807, 2.05) is 18.3 Å². The second kappa shape index (κ2) is 10.3. The van der Waals surface area contributed by atoms with Crippen molar-refractivity contribution in [2.24, 2.45) is 4.99 Å². The van der Waals surface area contributed by atoms with Gasteiger partial charge in [-0.2, -0.15) is 0 Å². The van der Waals surface area contributed by atoms with Crippen molar-refractivity contribution < 1.29 is 0 Å². The van der Waals surface area contributed by atoms with Gasteiger partial charge in [0.2, 0.25) is 0 Å². The summed E-state index contributed by atoms with van der Waals surface area (Å²) < 4.78 is 2.08. The minimum atomic E-state index is 0. The molecule has 3 aromatic rings. The molecule has 0 saturated carbocycles. The molecule has 0 aliphatic carbocycles. The van der Waals surface area contributed by atoms with Crippen molar-refractivity contribution in [3.8, 4) is 0 Å². The Kier molecular flexibility index (Phi) is 8.09. The number of aromatic nitrogens is 2. The van der Waals surface area contributed by atoms with Crippen LogP contribution in [-0.4, -0.2) is 40.4 Å². The second-order valence-electron chi connectivity index (χ2n) is 6.48. The average molecular weight is 477 g/mol. The smallest absolute Gasteiger partial charge is 0.193 e. The maximum Gasteiger partial charge on any atom is 0.193 e. The highest BCUT2D eigenvalue weighted by molar-refractivity contribution is 14.0. The Morgan fingerprint density at radius 2 is 1.96 bits per heavy atom. The van der Waals surface area contributed by atoms with E-state index in [1.54, 1.807) is 0 Å². The lowest BCUT2D eigenvalue weighted by Crippen LogP contribution is -2.38. The highest BCUT2D eigenvalue weighted by Crippen LogP contribution is 2.10. The Balaban J connectivity index is 0.00000261. The van der Waals surface area contributed by atoms with Crippen LogP contribution in [0.2, 0.25) is 0 Å². The van der Waals surface area contributed by atoms with Gasteiger partial charge in [-0.1, -0.05) is 36.4 Å². The molecule has 0 saturated heterocycles. The number of imidazole rings is 1. The molecule has 6 heteroatoms. The van der Waals surface area contributed by atoms with E-state index in [9.17, 15) is 0 Å². The molecule has 0 atom stereocenters. The standard InChI is InChI=1S/C21H27N5.HI/c1-4-22-21(25(3)15-18-10-6-5-7-11-18)23-13-12-19-16-26-14-8-9-17(2)20(26)24-19;/h5-11,14,16H,4,12-13,15H2,1-3H3,(H,22,23);1H. The molecule has 0 amide bonds. The second-order valence-corrected chi connectivity index (χ2v) is 6.48. The van der Waals surface area contributed by atoms with Crippen molar-refractivity contribution >= 4 is 35.6 Å². The first-order chi connectivity index (χ1) is 12.7. The van der Waals surface area contributed by atoms with Crippen molar-refractivity contribution in [3.63, 3.8) is 0 Å².